The van der Waals surface area contributed by atoms with Gasteiger partial charge in [0.05, 0.1) is 30.4 Å². The molecular weight excluding hydrogens is 447 g/mol. The molecule has 1 aromatic heterocycles. The van der Waals surface area contributed by atoms with Crippen molar-refractivity contribution in [3.05, 3.63) is 38.6 Å². The van der Waals surface area contributed by atoms with Gasteiger partial charge in [0.1, 0.15) is 5.82 Å². The molecule has 0 aliphatic rings. The Morgan fingerprint density at radius 2 is 2.17 bits per heavy atom. The number of aromatic amines is 1. The fourth-order valence-electron chi connectivity index (χ4n) is 2.07. The van der Waals surface area contributed by atoms with Crippen LogP contribution in [0.5, 0.6) is 0 Å². The maximum atomic E-state index is 12.1. The fraction of sp³-hybridized carbons (Fsp3) is 0.267. The van der Waals surface area contributed by atoms with Gasteiger partial charge in [-0.2, -0.15) is 5.10 Å². The second-order valence-corrected chi connectivity index (χ2v) is 6.74. The summed E-state index contributed by atoms with van der Waals surface area (Å²) in [5.74, 6) is -0.0660. The number of amides is 2. The van der Waals surface area contributed by atoms with E-state index in [9.17, 15) is 9.59 Å². The highest BCUT2D eigenvalue weighted by atomic mass is 127. The van der Waals surface area contributed by atoms with E-state index in [1.54, 1.807) is 18.3 Å². The Morgan fingerprint density at radius 1 is 1.42 bits per heavy atom. The molecule has 1 heterocycles. The minimum absolute atomic E-state index is 0.159. The van der Waals surface area contributed by atoms with Gasteiger partial charge in [0.25, 0.3) is 0 Å². The van der Waals surface area contributed by atoms with Crippen molar-refractivity contribution in [2.45, 2.75) is 19.3 Å². The van der Waals surface area contributed by atoms with Crippen LogP contribution in [0, 0.1) is 3.57 Å². The SMILES string of the molecule is COC(=O)C[C@H](C)c1cn[nH]c1NC(=O)Nc1ccc(I)cc1Cl. The number of rotatable bonds is 5. The van der Waals surface area contributed by atoms with E-state index in [0.29, 0.717) is 22.1 Å². The molecular formula is C15H16ClIN4O3. The number of nitrogens with one attached hydrogen (secondary N) is 3. The molecule has 0 spiro atoms. The number of methoxy groups -OCH3 is 1. The average Bonchev–Trinajstić information content (AvgIpc) is 2.98. The van der Waals surface area contributed by atoms with Crippen LogP contribution in [0.15, 0.2) is 24.4 Å². The van der Waals surface area contributed by atoms with E-state index in [1.165, 1.54) is 7.11 Å². The summed E-state index contributed by atoms with van der Waals surface area (Å²) in [5, 5.41) is 12.4. The lowest BCUT2D eigenvalue weighted by Crippen LogP contribution is -2.21. The number of hydrogen-bond acceptors (Lipinski definition) is 4. The minimum Gasteiger partial charge on any atom is -0.469 e. The van der Waals surface area contributed by atoms with Crippen molar-refractivity contribution >= 4 is 57.7 Å². The molecule has 1 atom stereocenters. The number of anilines is 2. The zero-order valence-corrected chi connectivity index (χ0v) is 15.9. The van der Waals surface area contributed by atoms with Crippen LogP contribution in [0.3, 0.4) is 0 Å². The molecule has 0 fully saturated rings. The summed E-state index contributed by atoms with van der Waals surface area (Å²) in [5.41, 5.74) is 1.21. The first-order chi connectivity index (χ1) is 11.4. The monoisotopic (exact) mass is 462 g/mol. The van der Waals surface area contributed by atoms with Gasteiger partial charge in [0, 0.05) is 9.13 Å². The van der Waals surface area contributed by atoms with Crippen molar-refractivity contribution in [3.8, 4) is 0 Å². The largest absolute Gasteiger partial charge is 0.469 e. The van der Waals surface area contributed by atoms with E-state index in [2.05, 4.69) is 48.2 Å². The van der Waals surface area contributed by atoms with Crippen LogP contribution in [0.4, 0.5) is 16.3 Å². The Hall–Kier alpha value is -1.81. The summed E-state index contributed by atoms with van der Waals surface area (Å²) < 4.78 is 5.63. The van der Waals surface area contributed by atoms with E-state index in [0.717, 1.165) is 3.57 Å². The third-order valence-corrected chi connectivity index (χ3v) is 4.30. The molecule has 0 saturated heterocycles. The molecule has 2 rings (SSSR count). The van der Waals surface area contributed by atoms with Crippen LogP contribution < -0.4 is 10.6 Å². The highest BCUT2D eigenvalue weighted by molar-refractivity contribution is 14.1. The Balaban J connectivity index is 2.04. The number of halogens is 2. The predicted octanol–water partition coefficient (Wildman–Crippen LogP) is 3.98. The highest BCUT2D eigenvalue weighted by Crippen LogP contribution is 2.26. The van der Waals surface area contributed by atoms with Crippen molar-refractivity contribution < 1.29 is 14.3 Å². The molecule has 0 unspecified atom stereocenters. The van der Waals surface area contributed by atoms with E-state index in [1.807, 2.05) is 13.0 Å². The standard InChI is InChI=1S/C15H16ClIN4O3/c1-8(5-13(22)24-2)10-7-18-21-14(10)20-15(23)19-12-4-3-9(17)6-11(12)16/h3-4,6-8H,5H2,1-2H3,(H3,18,19,20,21,23)/t8-/m0/s1. The lowest BCUT2D eigenvalue weighted by atomic mass is 10.0. The summed E-state index contributed by atoms with van der Waals surface area (Å²) >= 11 is 8.23. The summed E-state index contributed by atoms with van der Waals surface area (Å²) in [4.78, 5) is 23.5. The normalized spacial score (nSPS) is 11.7. The topological polar surface area (TPSA) is 96.1 Å². The number of carbonyl (C=O) groups excluding carboxylic acids is 2. The van der Waals surface area contributed by atoms with E-state index in [-0.39, 0.29) is 18.3 Å². The Labute approximate surface area is 157 Å². The van der Waals surface area contributed by atoms with Gasteiger partial charge in [-0.3, -0.25) is 15.2 Å². The maximum absolute atomic E-state index is 12.1. The van der Waals surface area contributed by atoms with Crippen LogP contribution in [-0.4, -0.2) is 29.3 Å². The minimum atomic E-state index is -0.464. The van der Waals surface area contributed by atoms with Gasteiger partial charge in [0.2, 0.25) is 0 Å². The lowest BCUT2D eigenvalue weighted by molar-refractivity contribution is -0.140. The van der Waals surface area contributed by atoms with E-state index in [4.69, 9.17) is 11.6 Å². The maximum Gasteiger partial charge on any atom is 0.324 e. The van der Waals surface area contributed by atoms with E-state index >= 15 is 0 Å². The highest BCUT2D eigenvalue weighted by Gasteiger charge is 2.18. The van der Waals surface area contributed by atoms with Crippen LogP contribution in [0.1, 0.15) is 24.8 Å². The second-order valence-electron chi connectivity index (χ2n) is 5.08. The van der Waals surface area contributed by atoms with Crippen LogP contribution >= 0.6 is 34.2 Å². The van der Waals surface area contributed by atoms with Crippen LogP contribution in [0.2, 0.25) is 5.02 Å². The zero-order valence-electron chi connectivity index (χ0n) is 13.0. The Morgan fingerprint density at radius 3 is 2.83 bits per heavy atom. The predicted molar refractivity (Wildman–Crippen MR) is 100 cm³/mol. The summed E-state index contributed by atoms with van der Waals surface area (Å²) in [7, 11) is 1.34. The molecule has 0 aliphatic carbocycles. The average molecular weight is 463 g/mol. The molecule has 1 aromatic carbocycles. The van der Waals surface area contributed by atoms with Crippen LogP contribution in [0.25, 0.3) is 0 Å². The lowest BCUT2D eigenvalue weighted by Gasteiger charge is -2.12. The number of aromatic nitrogens is 2. The summed E-state index contributed by atoms with van der Waals surface area (Å²) in [6.07, 6.45) is 1.76. The number of H-pyrrole nitrogens is 1. The molecule has 3 N–H and O–H groups in total. The van der Waals surface area contributed by atoms with Gasteiger partial charge in [-0.05, 0) is 46.7 Å². The van der Waals surface area contributed by atoms with Crippen LogP contribution in [-0.2, 0) is 9.53 Å². The third-order valence-electron chi connectivity index (χ3n) is 3.32. The van der Waals surface area contributed by atoms with Gasteiger partial charge in [0.15, 0.2) is 0 Å². The number of urea groups is 1. The summed E-state index contributed by atoms with van der Waals surface area (Å²) in [6, 6.07) is 4.84. The number of benzene rings is 1. The molecule has 9 heteroatoms. The number of ether oxygens (including phenoxy) is 1. The first kappa shape index (κ1) is 18.5. The molecule has 0 saturated carbocycles. The fourth-order valence-corrected chi connectivity index (χ4v) is 2.97. The molecule has 0 bridgehead atoms. The first-order valence-corrected chi connectivity index (χ1v) is 8.49. The van der Waals surface area contributed by atoms with Crippen molar-refractivity contribution in [2.75, 3.05) is 17.7 Å². The van der Waals surface area contributed by atoms with Gasteiger partial charge in [-0.25, -0.2) is 4.79 Å². The first-order valence-electron chi connectivity index (χ1n) is 7.03. The molecule has 128 valence electrons. The molecule has 0 radical (unpaired) electrons. The Kier molecular flexibility index (Phi) is 6.44. The molecule has 0 aliphatic heterocycles. The number of nitrogens with zero attached hydrogens (tertiary/aromatic N) is 1. The molecule has 2 aromatic rings. The van der Waals surface area contributed by atoms with Gasteiger partial charge in [-0.15, -0.1) is 0 Å². The van der Waals surface area contributed by atoms with Gasteiger partial charge >= 0.3 is 12.0 Å². The van der Waals surface area contributed by atoms with E-state index < -0.39 is 6.03 Å². The number of hydrogen-bond donors (Lipinski definition) is 3. The van der Waals surface area contributed by atoms with Crippen molar-refractivity contribution in [1.29, 1.82) is 0 Å². The zero-order chi connectivity index (χ0) is 17.7. The van der Waals surface area contributed by atoms with Gasteiger partial charge in [-0.1, -0.05) is 18.5 Å². The molecule has 2 amide bonds. The summed E-state index contributed by atoms with van der Waals surface area (Å²) in [6.45, 7) is 1.85. The quantitative estimate of drug-likeness (QED) is 0.463. The van der Waals surface area contributed by atoms with Crippen molar-refractivity contribution in [3.63, 3.8) is 0 Å². The number of esters is 1. The van der Waals surface area contributed by atoms with Crippen molar-refractivity contribution in [1.82, 2.24) is 10.2 Å². The smallest absolute Gasteiger partial charge is 0.324 e. The number of carbonyl (C=O) groups is 2. The second kappa shape index (κ2) is 8.34. The Bertz CT molecular complexity index is 750. The van der Waals surface area contributed by atoms with Crippen molar-refractivity contribution in [2.24, 2.45) is 0 Å². The van der Waals surface area contributed by atoms with Gasteiger partial charge < -0.3 is 10.1 Å². The third kappa shape index (κ3) is 4.84. The molecule has 24 heavy (non-hydrogen) atoms. The molecule has 7 nitrogen and oxygen atoms in total.